The topological polar surface area (TPSA) is 78.1 Å². The molecule has 1 saturated heterocycles. The molecule has 0 unspecified atom stereocenters. The van der Waals surface area contributed by atoms with E-state index in [0.717, 1.165) is 31.5 Å². The Kier molecular flexibility index (Phi) is 4.73. The second-order valence-corrected chi connectivity index (χ2v) is 7.01. The second-order valence-electron chi connectivity index (χ2n) is 7.01. The van der Waals surface area contributed by atoms with Crippen LogP contribution < -0.4 is 10.9 Å². The zero-order chi connectivity index (χ0) is 18.8. The number of benzene rings is 2. The molecule has 0 radical (unpaired) electrons. The van der Waals surface area contributed by atoms with E-state index in [1.54, 1.807) is 6.07 Å². The van der Waals surface area contributed by atoms with Crippen LogP contribution in [0.5, 0.6) is 0 Å². The molecule has 2 N–H and O–H groups in total. The lowest BCUT2D eigenvalue weighted by Gasteiger charge is -2.15. The van der Waals surface area contributed by atoms with E-state index < -0.39 is 0 Å². The van der Waals surface area contributed by atoms with E-state index >= 15 is 0 Å². The van der Waals surface area contributed by atoms with Gasteiger partial charge in [-0.05, 0) is 56.6 Å². The summed E-state index contributed by atoms with van der Waals surface area (Å²) in [6.07, 6.45) is 2.28. The molecular weight excluding hydrogens is 340 g/mol. The fourth-order valence-corrected chi connectivity index (χ4v) is 3.51. The Bertz CT molecular complexity index is 1050. The molecule has 2 heterocycles. The van der Waals surface area contributed by atoms with Crippen molar-refractivity contribution in [2.24, 2.45) is 0 Å². The van der Waals surface area contributed by atoms with Gasteiger partial charge in [-0.2, -0.15) is 0 Å². The third-order valence-corrected chi connectivity index (χ3v) is 4.87. The highest BCUT2D eigenvalue weighted by Gasteiger charge is 2.17. The number of hydrogen-bond acceptors (Lipinski definition) is 4. The van der Waals surface area contributed by atoms with Crippen LogP contribution in [0.3, 0.4) is 0 Å². The van der Waals surface area contributed by atoms with Crippen molar-refractivity contribution in [1.82, 2.24) is 14.9 Å². The number of rotatable bonds is 4. The van der Waals surface area contributed by atoms with Crippen molar-refractivity contribution in [3.8, 4) is 11.3 Å². The molecule has 1 aromatic heterocycles. The number of carbonyl (C=O) groups excluding carboxylic acids is 1. The molecule has 0 atom stereocenters. The number of aromatic amines is 1. The third-order valence-electron chi connectivity index (χ3n) is 4.87. The summed E-state index contributed by atoms with van der Waals surface area (Å²) in [5.41, 5.74) is 3.75. The molecular formula is C21H22N4O2. The third kappa shape index (κ3) is 3.75. The summed E-state index contributed by atoms with van der Waals surface area (Å²) in [6, 6.07) is 13.0. The molecule has 1 aliphatic heterocycles. The summed E-state index contributed by atoms with van der Waals surface area (Å²) >= 11 is 0. The maximum atomic E-state index is 12.6. The average Bonchev–Trinajstić information content (AvgIpc) is 3.14. The summed E-state index contributed by atoms with van der Waals surface area (Å²) in [6.45, 7) is 4.26. The number of likely N-dealkylation sites (tertiary alicyclic amines) is 1. The fourth-order valence-electron chi connectivity index (χ4n) is 3.51. The second kappa shape index (κ2) is 7.32. The minimum atomic E-state index is -0.269. The predicted molar refractivity (Wildman–Crippen MR) is 107 cm³/mol. The molecule has 6 nitrogen and oxygen atoms in total. The highest BCUT2D eigenvalue weighted by Crippen LogP contribution is 2.25. The summed E-state index contributed by atoms with van der Waals surface area (Å²) in [7, 11) is 0. The molecule has 1 fully saturated rings. The number of amides is 1. The zero-order valence-corrected chi connectivity index (χ0v) is 15.3. The molecule has 6 heteroatoms. The van der Waals surface area contributed by atoms with Gasteiger partial charge < -0.3 is 10.3 Å². The van der Waals surface area contributed by atoms with Gasteiger partial charge in [-0.3, -0.25) is 14.5 Å². The van der Waals surface area contributed by atoms with Gasteiger partial charge in [-0.1, -0.05) is 24.3 Å². The van der Waals surface area contributed by atoms with Crippen LogP contribution in [-0.4, -0.2) is 40.4 Å². The number of H-pyrrole nitrogens is 1. The van der Waals surface area contributed by atoms with Crippen molar-refractivity contribution >= 4 is 22.6 Å². The molecule has 138 valence electrons. The van der Waals surface area contributed by atoms with Gasteiger partial charge in [-0.25, -0.2) is 4.98 Å². The lowest BCUT2D eigenvalue weighted by Crippen LogP contribution is -2.31. The number of aromatic nitrogens is 2. The van der Waals surface area contributed by atoms with Crippen LogP contribution in [0.15, 0.2) is 47.3 Å². The summed E-state index contributed by atoms with van der Waals surface area (Å²) in [4.78, 5) is 34.6. The van der Waals surface area contributed by atoms with Crippen LogP contribution >= 0.6 is 0 Å². The molecule has 3 aromatic rings. The Morgan fingerprint density at radius 1 is 1.19 bits per heavy atom. The largest absolute Gasteiger partial charge is 0.324 e. The van der Waals surface area contributed by atoms with Crippen LogP contribution in [0, 0.1) is 6.92 Å². The number of para-hydroxylation sites is 1. The monoisotopic (exact) mass is 362 g/mol. The highest BCUT2D eigenvalue weighted by atomic mass is 16.2. The Hall–Kier alpha value is -2.99. The molecule has 27 heavy (non-hydrogen) atoms. The van der Waals surface area contributed by atoms with Crippen LogP contribution in [0.4, 0.5) is 5.69 Å². The van der Waals surface area contributed by atoms with E-state index in [4.69, 9.17) is 0 Å². The number of carbonyl (C=O) groups is 1. The van der Waals surface area contributed by atoms with E-state index in [2.05, 4.69) is 20.2 Å². The van der Waals surface area contributed by atoms with E-state index in [-0.39, 0.29) is 11.5 Å². The quantitative estimate of drug-likeness (QED) is 0.748. The number of hydrogen-bond donors (Lipinski definition) is 2. The van der Waals surface area contributed by atoms with Crippen molar-refractivity contribution in [3.05, 3.63) is 58.4 Å². The van der Waals surface area contributed by atoms with Crippen LogP contribution in [-0.2, 0) is 4.79 Å². The lowest BCUT2D eigenvalue weighted by atomic mass is 10.1. The maximum absolute atomic E-state index is 12.6. The van der Waals surface area contributed by atoms with Gasteiger partial charge in [0, 0.05) is 5.56 Å². The SMILES string of the molecule is Cc1ccc2nc(-c3ccccc3NC(=O)CN3CCCC3)c(=O)[nH]c2c1. The number of fused-ring (bicyclic) bond motifs is 1. The van der Waals surface area contributed by atoms with Crippen LogP contribution in [0.1, 0.15) is 18.4 Å². The van der Waals surface area contributed by atoms with Crippen LogP contribution in [0.25, 0.3) is 22.3 Å². The molecule has 2 aromatic carbocycles. The minimum Gasteiger partial charge on any atom is -0.324 e. The van der Waals surface area contributed by atoms with Gasteiger partial charge in [0.05, 0.1) is 23.3 Å². The molecule has 0 bridgehead atoms. The first-order valence-corrected chi connectivity index (χ1v) is 9.22. The van der Waals surface area contributed by atoms with Crippen molar-refractivity contribution in [3.63, 3.8) is 0 Å². The van der Waals surface area contributed by atoms with Gasteiger partial charge >= 0.3 is 0 Å². The van der Waals surface area contributed by atoms with Gasteiger partial charge in [0.25, 0.3) is 5.56 Å². The minimum absolute atomic E-state index is 0.0720. The van der Waals surface area contributed by atoms with Gasteiger partial charge in [0.15, 0.2) is 0 Å². The Labute approximate surface area is 157 Å². The van der Waals surface area contributed by atoms with Gasteiger partial charge in [0.1, 0.15) is 5.69 Å². The normalized spacial score (nSPS) is 14.6. The molecule has 1 amide bonds. The van der Waals surface area contributed by atoms with Crippen molar-refractivity contribution in [1.29, 1.82) is 0 Å². The van der Waals surface area contributed by atoms with E-state index in [1.165, 1.54) is 0 Å². The smallest absolute Gasteiger partial charge is 0.275 e. The fraction of sp³-hybridized carbons (Fsp3) is 0.286. The van der Waals surface area contributed by atoms with Gasteiger partial charge in [-0.15, -0.1) is 0 Å². The first kappa shape index (κ1) is 17.4. The predicted octanol–water partition coefficient (Wildman–Crippen LogP) is 2.93. The summed E-state index contributed by atoms with van der Waals surface area (Å²) in [5, 5.41) is 2.95. The number of nitrogens with zero attached hydrogens (tertiary/aromatic N) is 2. The van der Waals surface area contributed by atoms with Gasteiger partial charge in [0.2, 0.25) is 5.91 Å². The molecule has 0 aliphatic carbocycles. The standard InChI is InChI=1S/C21H22N4O2/c1-14-8-9-17-18(12-14)24-21(27)20(23-17)15-6-2-3-7-16(15)22-19(26)13-25-10-4-5-11-25/h2-3,6-9,12H,4-5,10-11,13H2,1H3,(H,22,26)(H,24,27). The Morgan fingerprint density at radius 3 is 2.78 bits per heavy atom. The van der Waals surface area contributed by atoms with Crippen molar-refractivity contribution < 1.29 is 4.79 Å². The summed E-state index contributed by atoms with van der Waals surface area (Å²) in [5.74, 6) is -0.0720. The Balaban J connectivity index is 1.67. The van der Waals surface area contributed by atoms with E-state index in [1.807, 2.05) is 43.3 Å². The van der Waals surface area contributed by atoms with Crippen molar-refractivity contribution in [2.75, 3.05) is 25.0 Å². The molecule has 0 spiro atoms. The number of aryl methyl sites for hydroxylation is 1. The molecule has 0 saturated carbocycles. The van der Waals surface area contributed by atoms with Crippen LogP contribution in [0.2, 0.25) is 0 Å². The Morgan fingerprint density at radius 2 is 1.96 bits per heavy atom. The highest BCUT2D eigenvalue weighted by molar-refractivity contribution is 5.96. The van der Waals surface area contributed by atoms with Crippen molar-refractivity contribution in [2.45, 2.75) is 19.8 Å². The first-order valence-electron chi connectivity index (χ1n) is 9.22. The number of anilines is 1. The zero-order valence-electron chi connectivity index (χ0n) is 15.3. The maximum Gasteiger partial charge on any atom is 0.275 e. The lowest BCUT2D eigenvalue weighted by molar-refractivity contribution is -0.117. The first-order chi connectivity index (χ1) is 13.1. The average molecular weight is 362 g/mol. The molecule has 4 rings (SSSR count). The van der Waals surface area contributed by atoms with E-state index in [9.17, 15) is 9.59 Å². The van der Waals surface area contributed by atoms with E-state index in [0.29, 0.717) is 34.5 Å². The molecule has 1 aliphatic rings. The summed E-state index contributed by atoms with van der Waals surface area (Å²) < 4.78 is 0. The number of nitrogens with one attached hydrogen (secondary N) is 2.